The first-order valence-corrected chi connectivity index (χ1v) is 6.94. The number of hydrogen-bond acceptors (Lipinski definition) is 4. The van der Waals surface area contributed by atoms with Gasteiger partial charge in [-0.15, -0.1) is 0 Å². The second kappa shape index (κ2) is 5.25. The van der Waals surface area contributed by atoms with Crippen LogP contribution in [-0.2, 0) is 10.0 Å². The summed E-state index contributed by atoms with van der Waals surface area (Å²) >= 11 is 0. The van der Waals surface area contributed by atoms with Gasteiger partial charge in [-0.25, -0.2) is 8.42 Å². The second-order valence-electron chi connectivity index (χ2n) is 3.98. The monoisotopic (exact) mass is 236 g/mol. The van der Waals surface area contributed by atoms with Gasteiger partial charge in [-0.1, -0.05) is 13.3 Å². The minimum Gasteiger partial charge on any atom is -0.390 e. The lowest BCUT2D eigenvalue weighted by Gasteiger charge is -2.25. The summed E-state index contributed by atoms with van der Waals surface area (Å²) in [5, 5.41) is 12.6. The summed E-state index contributed by atoms with van der Waals surface area (Å²) in [6.07, 6.45) is 0.938. The minimum atomic E-state index is -3.21. The van der Waals surface area contributed by atoms with E-state index in [2.05, 4.69) is 5.32 Å². The van der Waals surface area contributed by atoms with E-state index in [1.807, 2.05) is 6.92 Å². The van der Waals surface area contributed by atoms with E-state index in [-0.39, 0.29) is 11.8 Å². The van der Waals surface area contributed by atoms with Crippen molar-refractivity contribution in [3.63, 3.8) is 0 Å². The largest absolute Gasteiger partial charge is 0.390 e. The molecule has 15 heavy (non-hydrogen) atoms. The fraction of sp³-hybridized carbons (Fsp3) is 1.00. The van der Waals surface area contributed by atoms with Crippen LogP contribution in [0, 0.1) is 0 Å². The van der Waals surface area contributed by atoms with Crippen LogP contribution in [0.2, 0.25) is 0 Å². The Morgan fingerprint density at radius 1 is 1.47 bits per heavy atom. The van der Waals surface area contributed by atoms with E-state index in [0.29, 0.717) is 19.5 Å². The van der Waals surface area contributed by atoms with Crippen molar-refractivity contribution in [1.29, 1.82) is 0 Å². The maximum Gasteiger partial charge on any atom is 0.214 e. The molecule has 1 saturated heterocycles. The van der Waals surface area contributed by atoms with E-state index >= 15 is 0 Å². The van der Waals surface area contributed by atoms with Crippen LogP contribution in [0.3, 0.4) is 0 Å². The lowest BCUT2D eigenvalue weighted by molar-refractivity contribution is 0.136. The highest BCUT2D eigenvalue weighted by molar-refractivity contribution is 7.89. The fourth-order valence-corrected chi connectivity index (χ4v) is 3.27. The summed E-state index contributed by atoms with van der Waals surface area (Å²) in [4.78, 5) is 0. The second-order valence-corrected chi connectivity index (χ2v) is 6.13. The van der Waals surface area contributed by atoms with Crippen LogP contribution in [0.5, 0.6) is 0 Å². The number of aliphatic hydroxyl groups is 1. The highest BCUT2D eigenvalue weighted by Gasteiger charge is 2.34. The van der Waals surface area contributed by atoms with Crippen LogP contribution >= 0.6 is 0 Å². The van der Waals surface area contributed by atoms with Crippen molar-refractivity contribution < 1.29 is 13.5 Å². The summed E-state index contributed by atoms with van der Waals surface area (Å²) in [6.45, 7) is 2.96. The smallest absolute Gasteiger partial charge is 0.214 e. The molecule has 0 spiro atoms. The van der Waals surface area contributed by atoms with Gasteiger partial charge in [0.2, 0.25) is 10.0 Å². The van der Waals surface area contributed by atoms with Crippen molar-refractivity contribution in [2.24, 2.45) is 0 Å². The molecule has 0 amide bonds. The molecule has 0 saturated carbocycles. The first-order valence-electron chi connectivity index (χ1n) is 5.33. The van der Waals surface area contributed by atoms with Gasteiger partial charge in [0.1, 0.15) is 0 Å². The Morgan fingerprint density at radius 2 is 2.13 bits per heavy atom. The number of hydrogen-bond donors (Lipinski definition) is 2. The predicted molar refractivity (Wildman–Crippen MR) is 59.1 cm³/mol. The highest BCUT2D eigenvalue weighted by atomic mass is 32.2. The van der Waals surface area contributed by atoms with Gasteiger partial charge in [-0.2, -0.15) is 4.31 Å². The Balaban J connectivity index is 2.62. The number of sulfonamides is 1. The van der Waals surface area contributed by atoms with E-state index in [1.54, 1.807) is 7.05 Å². The maximum atomic E-state index is 11.8. The number of β-amino-alcohol motifs (C(OH)–C–C–N with tert-alkyl or cyclic N) is 1. The maximum absolute atomic E-state index is 11.8. The number of aliphatic hydroxyl groups excluding tert-OH is 1. The van der Waals surface area contributed by atoms with Gasteiger partial charge in [-0.05, 0) is 6.42 Å². The summed E-state index contributed by atoms with van der Waals surface area (Å²) in [6, 6.07) is -0.313. The zero-order valence-electron chi connectivity index (χ0n) is 9.31. The minimum absolute atomic E-state index is 0.170. The third-order valence-corrected chi connectivity index (χ3v) is 4.77. The van der Waals surface area contributed by atoms with Crippen molar-refractivity contribution >= 4 is 10.0 Å². The van der Waals surface area contributed by atoms with Gasteiger partial charge >= 0.3 is 0 Å². The molecule has 0 radical (unpaired) electrons. The number of likely N-dealkylation sites (N-methyl/N-ethyl adjacent to an activating group) is 1. The summed E-state index contributed by atoms with van der Waals surface area (Å²) in [7, 11) is -1.66. The molecule has 0 aliphatic carbocycles. The molecule has 1 aliphatic heterocycles. The quantitative estimate of drug-likeness (QED) is 0.667. The molecule has 1 rings (SSSR count). The zero-order valence-corrected chi connectivity index (χ0v) is 10.1. The Bertz CT molecular complexity index is 292. The summed E-state index contributed by atoms with van der Waals surface area (Å²) in [5.74, 6) is 0.170. The third-order valence-electron chi connectivity index (χ3n) is 2.81. The number of unbranched alkanes of at least 4 members (excludes halogenated alkanes) is 1. The molecule has 0 aromatic rings. The van der Waals surface area contributed by atoms with Gasteiger partial charge in [-0.3, -0.25) is 0 Å². The van der Waals surface area contributed by atoms with Crippen molar-refractivity contribution in [2.75, 3.05) is 25.9 Å². The topological polar surface area (TPSA) is 69.6 Å². The van der Waals surface area contributed by atoms with Crippen LogP contribution in [0.15, 0.2) is 0 Å². The predicted octanol–water partition coefficient (Wildman–Crippen LogP) is -0.619. The van der Waals surface area contributed by atoms with Crippen LogP contribution in [0.25, 0.3) is 0 Å². The van der Waals surface area contributed by atoms with E-state index in [1.165, 1.54) is 4.31 Å². The average Bonchev–Trinajstić information content (AvgIpc) is 2.60. The van der Waals surface area contributed by atoms with Gasteiger partial charge in [0, 0.05) is 20.1 Å². The molecular formula is C9H20N2O3S. The lowest BCUT2D eigenvalue weighted by atomic mass is 10.2. The van der Waals surface area contributed by atoms with E-state index < -0.39 is 16.1 Å². The van der Waals surface area contributed by atoms with Gasteiger partial charge in [0.05, 0.1) is 17.9 Å². The van der Waals surface area contributed by atoms with Crippen molar-refractivity contribution in [3.05, 3.63) is 0 Å². The first kappa shape index (κ1) is 12.9. The molecule has 2 atom stereocenters. The number of nitrogens with zero attached hydrogens (tertiary/aromatic N) is 1. The van der Waals surface area contributed by atoms with Crippen LogP contribution < -0.4 is 5.32 Å². The standard InChI is InChI=1S/C9H20N2O3S/c1-3-4-5-15(13,14)11(2)8-6-10-7-9(8)12/h8-10,12H,3-7H2,1-2H3/t8-,9-/m1/s1. The Hall–Kier alpha value is -0.170. The van der Waals surface area contributed by atoms with Crippen molar-refractivity contribution in [2.45, 2.75) is 31.9 Å². The third kappa shape index (κ3) is 3.14. The van der Waals surface area contributed by atoms with Gasteiger partial charge < -0.3 is 10.4 Å². The molecule has 90 valence electrons. The molecule has 1 fully saturated rings. The van der Waals surface area contributed by atoms with E-state index in [4.69, 9.17) is 0 Å². The molecular weight excluding hydrogens is 216 g/mol. The SMILES string of the molecule is CCCCS(=O)(=O)N(C)[C@@H]1CNC[C@H]1O. The zero-order chi connectivity index (χ0) is 11.5. The van der Waals surface area contributed by atoms with Crippen LogP contribution in [0.4, 0.5) is 0 Å². The van der Waals surface area contributed by atoms with E-state index in [9.17, 15) is 13.5 Å². The number of nitrogens with one attached hydrogen (secondary N) is 1. The molecule has 0 aromatic carbocycles. The van der Waals surface area contributed by atoms with Gasteiger partial charge in [0.25, 0.3) is 0 Å². The van der Waals surface area contributed by atoms with Crippen molar-refractivity contribution in [3.8, 4) is 0 Å². The van der Waals surface area contributed by atoms with Gasteiger partial charge in [0.15, 0.2) is 0 Å². The fourth-order valence-electron chi connectivity index (χ4n) is 1.70. The molecule has 1 heterocycles. The molecule has 5 nitrogen and oxygen atoms in total. The Labute approximate surface area is 91.5 Å². The molecule has 1 aliphatic rings. The molecule has 0 bridgehead atoms. The van der Waals surface area contributed by atoms with E-state index in [0.717, 1.165) is 6.42 Å². The first-order chi connectivity index (χ1) is 6.99. The average molecular weight is 236 g/mol. The highest BCUT2D eigenvalue weighted by Crippen LogP contribution is 2.13. The van der Waals surface area contributed by atoms with Crippen molar-refractivity contribution in [1.82, 2.24) is 9.62 Å². The summed E-state index contributed by atoms with van der Waals surface area (Å²) < 4.78 is 24.9. The number of rotatable bonds is 5. The molecule has 0 unspecified atom stereocenters. The molecule has 2 N–H and O–H groups in total. The Kier molecular flexibility index (Phi) is 4.51. The lowest BCUT2D eigenvalue weighted by Crippen LogP contribution is -2.45. The molecule has 0 aromatic heterocycles. The van der Waals surface area contributed by atoms with Crippen LogP contribution in [-0.4, -0.2) is 55.9 Å². The molecule has 6 heteroatoms. The van der Waals surface area contributed by atoms with Crippen LogP contribution in [0.1, 0.15) is 19.8 Å². The normalized spacial score (nSPS) is 27.5. The summed E-state index contributed by atoms with van der Waals surface area (Å²) in [5.41, 5.74) is 0. The Morgan fingerprint density at radius 3 is 2.60 bits per heavy atom.